The van der Waals surface area contributed by atoms with E-state index in [-0.39, 0.29) is 5.56 Å². The summed E-state index contributed by atoms with van der Waals surface area (Å²) < 4.78 is 6.21. The van der Waals surface area contributed by atoms with Crippen molar-refractivity contribution in [1.29, 1.82) is 0 Å². The van der Waals surface area contributed by atoms with E-state index in [9.17, 15) is 14.7 Å². The molecule has 2 heterocycles. The number of aromatic amines is 2. The van der Waals surface area contributed by atoms with Crippen molar-refractivity contribution >= 4 is 16.6 Å². The molecule has 8 nitrogen and oxygen atoms in total. The molecule has 0 aliphatic heterocycles. The van der Waals surface area contributed by atoms with Crippen LogP contribution in [0.3, 0.4) is 0 Å². The summed E-state index contributed by atoms with van der Waals surface area (Å²) in [5, 5.41) is 11.9. The SMILES string of the molecule is COc1cccc(-n2c(O)c(C(C)=NCCc3c[nH]c4ccccc34)c(=O)[nH]c2=O)c1. The first kappa shape index (κ1) is 20.2. The molecule has 0 amide bonds. The molecule has 4 rings (SSSR count). The molecule has 0 atom stereocenters. The summed E-state index contributed by atoms with van der Waals surface area (Å²) in [6.45, 7) is 2.06. The summed E-state index contributed by atoms with van der Waals surface area (Å²) in [5.74, 6) is 0.0519. The van der Waals surface area contributed by atoms with Crippen LogP contribution in [0, 0.1) is 0 Å². The van der Waals surface area contributed by atoms with Crippen LogP contribution in [0.5, 0.6) is 11.6 Å². The number of aromatic hydroxyl groups is 1. The van der Waals surface area contributed by atoms with Gasteiger partial charge in [-0.05, 0) is 37.1 Å². The fourth-order valence-corrected chi connectivity index (χ4v) is 3.60. The van der Waals surface area contributed by atoms with Crippen molar-refractivity contribution in [2.45, 2.75) is 13.3 Å². The van der Waals surface area contributed by atoms with Gasteiger partial charge in [0.15, 0.2) is 0 Å². The quantitative estimate of drug-likeness (QED) is 0.418. The zero-order chi connectivity index (χ0) is 22.0. The number of ether oxygens (including phenoxy) is 1. The van der Waals surface area contributed by atoms with Gasteiger partial charge in [-0.1, -0.05) is 24.3 Å². The molecular weight excluding hydrogens is 396 g/mol. The molecule has 2 aromatic carbocycles. The first-order chi connectivity index (χ1) is 15.0. The van der Waals surface area contributed by atoms with Crippen LogP contribution in [0.4, 0.5) is 0 Å². The van der Waals surface area contributed by atoms with E-state index in [1.54, 1.807) is 31.2 Å². The van der Waals surface area contributed by atoms with Gasteiger partial charge in [-0.25, -0.2) is 9.36 Å². The molecule has 2 aromatic heterocycles. The zero-order valence-electron chi connectivity index (χ0n) is 17.2. The molecule has 0 saturated carbocycles. The lowest BCUT2D eigenvalue weighted by Gasteiger charge is -2.12. The number of nitrogens with one attached hydrogen (secondary N) is 2. The Kier molecular flexibility index (Phi) is 5.44. The van der Waals surface area contributed by atoms with E-state index in [2.05, 4.69) is 15.0 Å². The Morgan fingerprint density at radius 3 is 2.77 bits per heavy atom. The first-order valence-corrected chi connectivity index (χ1v) is 9.78. The van der Waals surface area contributed by atoms with Gasteiger partial charge in [0.05, 0.1) is 12.8 Å². The van der Waals surface area contributed by atoms with Crippen molar-refractivity contribution in [2.75, 3.05) is 13.7 Å². The zero-order valence-corrected chi connectivity index (χ0v) is 17.2. The van der Waals surface area contributed by atoms with Crippen molar-refractivity contribution in [1.82, 2.24) is 14.5 Å². The van der Waals surface area contributed by atoms with E-state index in [0.717, 1.165) is 21.0 Å². The van der Waals surface area contributed by atoms with Crippen molar-refractivity contribution in [3.05, 3.63) is 86.7 Å². The predicted octanol–water partition coefficient (Wildman–Crippen LogP) is 2.77. The van der Waals surface area contributed by atoms with Gasteiger partial charge < -0.3 is 14.8 Å². The normalized spacial score (nSPS) is 11.7. The highest BCUT2D eigenvalue weighted by Crippen LogP contribution is 2.21. The van der Waals surface area contributed by atoms with Gasteiger partial charge in [0.25, 0.3) is 5.56 Å². The Labute approximate surface area is 177 Å². The van der Waals surface area contributed by atoms with Crippen molar-refractivity contribution in [3.63, 3.8) is 0 Å². The van der Waals surface area contributed by atoms with Crippen LogP contribution < -0.4 is 16.0 Å². The second-order valence-corrected chi connectivity index (χ2v) is 7.07. The molecule has 158 valence electrons. The summed E-state index contributed by atoms with van der Waals surface area (Å²) in [6.07, 6.45) is 2.61. The average molecular weight is 418 g/mol. The Morgan fingerprint density at radius 2 is 1.97 bits per heavy atom. The molecule has 8 heteroatoms. The predicted molar refractivity (Wildman–Crippen MR) is 120 cm³/mol. The minimum atomic E-state index is -0.744. The maximum Gasteiger partial charge on any atom is 0.335 e. The van der Waals surface area contributed by atoms with Gasteiger partial charge in [-0.3, -0.25) is 14.8 Å². The Morgan fingerprint density at radius 1 is 1.16 bits per heavy atom. The molecular formula is C23H22N4O4. The first-order valence-electron chi connectivity index (χ1n) is 9.78. The third-order valence-corrected chi connectivity index (χ3v) is 5.16. The number of H-pyrrole nitrogens is 2. The molecule has 0 aliphatic carbocycles. The third kappa shape index (κ3) is 3.87. The summed E-state index contributed by atoms with van der Waals surface area (Å²) in [4.78, 5) is 34.8. The second-order valence-electron chi connectivity index (χ2n) is 7.07. The summed E-state index contributed by atoms with van der Waals surface area (Å²) in [5.41, 5.74) is 1.41. The highest BCUT2D eigenvalue weighted by atomic mass is 16.5. The fraction of sp³-hybridized carbons (Fsp3) is 0.174. The maximum atomic E-state index is 12.4. The fourth-order valence-electron chi connectivity index (χ4n) is 3.60. The van der Waals surface area contributed by atoms with Crippen LogP contribution in [0.25, 0.3) is 16.6 Å². The molecule has 0 unspecified atom stereocenters. The number of fused-ring (bicyclic) bond motifs is 1. The molecule has 31 heavy (non-hydrogen) atoms. The number of nitrogens with zero attached hydrogens (tertiary/aromatic N) is 2. The van der Waals surface area contributed by atoms with Crippen LogP contribution >= 0.6 is 0 Å². The molecule has 0 spiro atoms. The van der Waals surface area contributed by atoms with Crippen LogP contribution in [0.15, 0.2) is 69.3 Å². The van der Waals surface area contributed by atoms with Crippen molar-refractivity contribution in [2.24, 2.45) is 4.99 Å². The van der Waals surface area contributed by atoms with Gasteiger partial charge in [-0.15, -0.1) is 0 Å². The van der Waals surface area contributed by atoms with Crippen molar-refractivity contribution in [3.8, 4) is 17.3 Å². The van der Waals surface area contributed by atoms with Crippen LogP contribution in [-0.2, 0) is 6.42 Å². The monoisotopic (exact) mass is 418 g/mol. The number of methoxy groups -OCH3 is 1. The third-order valence-electron chi connectivity index (χ3n) is 5.16. The lowest BCUT2D eigenvalue weighted by atomic mass is 10.1. The van der Waals surface area contributed by atoms with E-state index in [1.165, 1.54) is 7.11 Å². The minimum absolute atomic E-state index is 0.0404. The molecule has 4 aromatic rings. The number of hydrogen-bond acceptors (Lipinski definition) is 5. The van der Waals surface area contributed by atoms with Crippen LogP contribution in [-0.4, -0.2) is 39.0 Å². The lowest BCUT2D eigenvalue weighted by Crippen LogP contribution is -2.32. The largest absolute Gasteiger partial charge is 0.497 e. The molecule has 0 saturated heterocycles. The molecule has 0 fully saturated rings. The Bertz CT molecular complexity index is 1390. The number of aromatic nitrogens is 3. The van der Waals surface area contributed by atoms with Gasteiger partial charge in [0.1, 0.15) is 11.3 Å². The molecule has 3 N–H and O–H groups in total. The number of benzene rings is 2. The van der Waals surface area contributed by atoms with Crippen LogP contribution in [0.2, 0.25) is 0 Å². The summed E-state index contributed by atoms with van der Waals surface area (Å²) in [6, 6.07) is 14.6. The highest BCUT2D eigenvalue weighted by molar-refractivity contribution is 6.00. The van der Waals surface area contributed by atoms with Gasteiger partial charge >= 0.3 is 5.69 Å². The standard InChI is InChI=1S/C23H22N4O4/c1-14(24-11-10-15-13-25-19-9-4-3-8-18(15)19)20-21(28)26-23(30)27(22(20)29)16-6-5-7-17(12-16)31-2/h3-9,12-13,25,29H,10-11H2,1-2H3,(H,26,28,30). The number of rotatable bonds is 6. The molecule has 0 radical (unpaired) electrons. The van der Waals surface area contributed by atoms with Gasteiger partial charge in [-0.2, -0.15) is 0 Å². The van der Waals surface area contributed by atoms with Gasteiger partial charge in [0, 0.05) is 35.4 Å². The molecule has 0 bridgehead atoms. The molecule has 0 aliphatic rings. The van der Waals surface area contributed by atoms with Gasteiger partial charge in [0.2, 0.25) is 5.88 Å². The lowest BCUT2D eigenvalue weighted by molar-refractivity contribution is 0.412. The maximum absolute atomic E-state index is 12.4. The topological polar surface area (TPSA) is 112 Å². The smallest absolute Gasteiger partial charge is 0.335 e. The summed E-state index contributed by atoms with van der Waals surface area (Å²) >= 11 is 0. The Balaban J connectivity index is 1.66. The highest BCUT2D eigenvalue weighted by Gasteiger charge is 2.18. The summed E-state index contributed by atoms with van der Waals surface area (Å²) in [7, 11) is 1.50. The number of hydrogen-bond donors (Lipinski definition) is 3. The van der Waals surface area contributed by atoms with E-state index >= 15 is 0 Å². The number of para-hydroxylation sites is 1. The van der Waals surface area contributed by atoms with E-state index in [0.29, 0.717) is 30.1 Å². The average Bonchev–Trinajstić information content (AvgIpc) is 3.17. The number of aliphatic imine (C=N–C) groups is 1. The van der Waals surface area contributed by atoms with E-state index in [4.69, 9.17) is 4.74 Å². The second kappa shape index (κ2) is 8.35. The Hall–Kier alpha value is -4.07. The van der Waals surface area contributed by atoms with E-state index in [1.807, 2.05) is 30.5 Å². The van der Waals surface area contributed by atoms with Crippen LogP contribution in [0.1, 0.15) is 18.1 Å². The van der Waals surface area contributed by atoms with E-state index < -0.39 is 17.1 Å². The minimum Gasteiger partial charge on any atom is -0.497 e. The van der Waals surface area contributed by atoms with Crippen molar-refractivity contribution < 1.29 is 9.84 Å².